The first-order valence-electron chi connectivity index (χ1n) is 9.55. The van der Waals surface area contributed by atoms with Gasteiger partial charge in [0.05, 0.1) is 11.4 Å². The molecule has 3 aromatic carbocycles. The summed E-state index contributed by atoms with van der Waals surface area (Å²) >= 11 is 15.3. The number of carbonyl (C=O) groups excluding carboxylic acids is 2. The van der Waals surface area contributed by atoms with Crippen molar-refractivity contribution in [2.45, 2.75) is 13.2 Å². The number of imide groups is 1. The molecule has 1 aliphatic rings. The molecule has 0 atom stereocenters. The molecule has 2 amide bonds. The van der Waals surface area contributed by atoms with E-state index in [2.05, 4.69) is 22.6 Å². The number of benzene rings is 3. The second-order valence-corrected chi connectivity index (χ2v) is 10.1. The Balaban J connectivity index is 1.46. The van der Waals surface area contributed by atoms with Gasteiger partial charge in [-0.25, -0.2) is 0 Å². The third kappa shape index (κ3) is 5.67. The largest absolute Gasteiger partial charge is 0.489 e. The maximum atomic E-state index is 12.8. The summed E-state index contributed by atoms with van der Waals surface area (Å²) in [7, 11) is 0. The molecule has 3 aromatic rings. The van der Waals surface area contributed by atoms with Crippen LogP contribution in [0.3, 0.4) is 0 Å². The molecule has 4 rings (SSSR count). The minimum Gasteiger partial charge on any atom is -0.489 e. The lowest BCUT2D eigenvalue weighted by atomic mass is 10.2. The molecule has 0 aromatic heterocycles. The van der Waals surface area contributed by atoms with Crippen LogP contribution in [0.2, 0.25) is 10.0 Å². The van der Waals surface area contributed by atoms with Crippen molar-refractivity contribution in [1.82, 2.24) is 4.90 Å². The van der Waals surface area contributed by atoms with Gasteiger partial charge < -0.3 is 4.74 Å². The van der Waals surface area contributed by atoms with Gasteiger partial charge in [-0.1, -0.05) is 53.5 Å². The van der Waals surface area contributed by atoms with E-state index >= 15 is 0 Å². The van der Waals surface area contributed by atoms with Gasteiger partial charge in [0.15, 0.2) is 0 Å². The summed E-state index contributed by atoms with van der Waals surface area (Å²) in [6.45, 7) is 0.538. The molecule has 1 saturated heterocycles. The number of rotatable bonds is 6. The SMILES string of the molecule is O=C1S/C(=C/c2cccc(OCc3ccc(Cl)cc3Cl)c2)C(=O)N1Cc1ccc(I)cc1. The van der Waals surface area contributed by atoms with Crippen molar-refractivity contribution >= 4 is 74.8 Å². The predicted octanol–water partition coefficient (Wildman–Crippen LogP) is 7.41. The van der Waals surface area contributed by atoms with Crippen LogP contribution in [0.25, 0.3) is 6.08 Å². The molecule has 0 N–H and O–H groups in total. The highest BCUT2D eigenvalue weighted by Crippen LogP contribution is 2.34. The monoisotopic (exact) mass is 595 g/mol. The highest BCUT2D eigenvalue weighted by molar-refractivity contribution is 14.1. The fourth-order valence-corrected chi connectivity index (χ4v) is 4.71. The zero-order chi connectivity index (χ0) is 22.7. The summed E-state index contributed by atoms with van der Waals surface area (Å²) in [6.07, 6.45) is 1.71. The van der Waals surface area contributed by atoms with Crippen LogP contribution in [0.1, 0.15) is 16.7 Å². The Kier molecular flexibility index (Phi) is 7.45. The summed E-state index contributed by atoms with van der Waals surface area (Å²) in [5, 5.41) is 0.830. The Morgan fingerprint density at radius 1 is 1.00 bits per heavy atom. The Morgan fingerprint density at radius 3 is 2.53 bits per heavy atom. The van der Waals surface area contributed by atoms with Crippen molar-refractivity contribution in [1.29, 1.82) is 0 Å². The minimum atomic E-state index is -0.294. The average Bonchev–Trinajstić information content (AvgIpc) is 3.02. The lowest BCUT2D eigenvalue weighted by Crippen LogP contribution is -2.27. The normalized spacial score (nSPS) is 15.0. The van der Waals surface area contributed by atoms with Crippen LogP contribution in [0.15, 0.2) is 71.6 Å². The van der Waals surface area contributed by atoms with Crippen LogP contribution < -0.4 is 4.74 Å². The summed E-state index contributed by atoms with van der Waals surface area (Å²) < 4.78 is 6.95. The summed E-state index contributed by atoms with van der Waals surface area (Å²) in [6, 6.07) is 20.3. The molecule has 1 heterocycles. The molecule has 0 bridgehead atoms. The highest BCUT2D eigenvalue weighted by atomic mass is 127. The summed E-state index contributed by atoms with van der Waals surface area (Å²) in [4.78, 5) is 26.9. The maximum Gasteiger partial charge on any atom is 0.293 e. The third-order valence-corrected chi connectivity index (χ3v) is 6.91. The van der Waals surface area contributed by atoms with Gasteiger partial charge in [0.25, 0.3) is 11.1 Å². The molecule has 1 fully saturated rings. The molecule has 0 aliphatic carbocycles. The first-order chi connectivity index (χ1) is 15.4. The number of halogens is 3. The topological polar surface area (TPSA) is 46.6 Å². The smallest absolute Gasteiger partial charge is 0.293 e. The molecule has 1 aliphatic heterocycles. The predicted molar refractivity (Wildman–Crippen MR) is 138 cm³/mol. The Morgan fingerprint density at radius 2 is 1.78 bits per heavy atom. The van der Waals surface area contributed by atoms with Gasteiger partial charge in [0.2, 0.25) is 0 Å². The number of carbonyl (C=O) groups is 2. The van der Waals surface area contributed by atoms with Crippen LogP contribution in [0.5, 0.6) is 5.75 Å². The summed E-state index contributed by atoms with van der Waals surface area (Å²) in [5.41, 5.74) is 2.49. The standard InChI is InChI=1S/C24H16Cl2INO3S/c25-18-7-6-17(21(26)12-18)14-31-20-3-1-2-16(10-20)11-22-23(29)28(24(30)32-22)13-15-4-8-19(27)9-5-15/h1-12H,13-14H2/b22-11+. The fourth-order valence-electron chi connectivity index (χ4n) is 3.05. The second-order valence-electron chi connectivity index (χ2n) is 6.99. The highest BCUT2D eigenvalue weighted by Gasteiger charge is 2.34. The maximum absolute atomic E-state index is 12.8. The first kappa shape index (κ1) is 23.2. The van der Waals surface area contributed by atoms with Crippen LogP contribution in [0, 0.1) is 3.57 Å². The van der Waals surface area contributed by atoms with Gasteiger partial charge in [-0.2, -0.15) is 0 Å². The van der Waals surface area contributed by atoms with E-state index in [1.54, 1.807) is 18.2 Å². The van der Waals surface area contributed by atoms with Crippen LogP contribution in [-0.4, -0.2) is 16.0 Å². The Hall–Kier alpha value is -2.00. The fraction of sp³-hybridized carbons (Fsp3) is 0.0833. The van der Waals surface area contributed by atoms with Crippen molar-refractivity contribution in [3.63, 3.8) is 0 Å². The minimum absolute atomic E-state index is 0.254. The van der Waals surface area contributed by atoms with Gasteiger partial charge in [-0.05, 0) is 88.0 Å². The van der Waals surface area contributed by atoms with E-state index in [1.165, 1.54) is 4.90 Å². The molecule has 0 unspecified atom stereocenters. The molecule has 32 heavy (non-hydrogen) atoms. The van der Waals surface area contributed by atoms with E-state index < -0.39 is 0 Å². The van der Waals surface area contributed by atoms with E-state index in [1.807, 2.05) is 54.6 Å². The number of amides is 2. The van der Waals surface area contributed by atoms with E-state index in [0.29, 0.717) is 20.7 Å². The molecular weight excluding hydrogens is 580 g/mol. The van der Waals surface area contributed by atoms with Gasteiger partial charge in [0.1, 0.15) is 12.4 Å². The average molecular weight is 596 g/mol. The lowest BCUT2D eigenvalue weighted by Gasteiger charge is -2.12. The molecular formula is C24H16Cl2INO3S. The third-order valence-electron chi connectivity index (χ3n) is 4.69. The molecule has 162 valence electrons. The van der Waals surface area contributed by atoms with Gasteiger partial charge >= 0.3 is 0 Å². The van der Waals surface area contributed by atoms with E-state index in [4.69, 9.17) is 27.9 Å². The number of hydrogen-bond donors (Lipinski definition) is 0. The first-order valence-corrected chi connectivity index (χ1v) is 12.2. The van der Waals surface area contributed by atoms with Crippen molar-refractivity contribution in [2.75, 3.05) is 0 Å². The lowest BCUT2D eigenvalue weighted by molar-refractivity contribution is -0.123. The summed E-state index contributed by atoms with van der Waals surface area (Å²) in [5.74, 6) is 0.334. The number of ether oxygens (including phenoxy) is 1. The molecule has 0 radical (unpaired) electrons. The Labute approximate surface area is 213 Å². The van der Waals surface area contributed by atoms with Crippen LogP contribution >= 0.6 is 57.6 Å². The van der Waals surface area contributed by atoms with Gasteiger partial charge in [-0.3, -0.25) is 14.5 Å². The Bertz CT molecular complexity index is 1210. The quantitative estimate of drug-likeness (QED) is 0.220. The molecule has 4 nitrogen and oxygen atoms in total. The van der Waals surface area contributed by atoms with Crippen molar-refractivity contribution < 1.29 is 14.3 Å². The van der Waals surface area contributed by atoms with Gasteiger partial charge in [0, 0.05) is 19.2 Å². The second kappa shape index (κ2) is 10.3. The number of hydrogen-bond acceptors (Lipinski definition) is 4. The molecule has 0 spiro atoms. The molecule has 8 heteroatoms. The van der Waals surface area contributed by atoms with Crippen molar-refractivity contribution in [3.8, 4) is 5.75 Å². The van der Waals surface area contributed by atoms with Crippen LogP contribution in [0.4, 0.5) is 4.79 Å². The van der Waals surface area contributed by atoms with E-state index in [9.17, 15) is 9.59 Å². The van der Waals surface area contributed by atoms with E-state index in [-0.39, 0.29) is 24.3 Å². The zero-order valence-corrected chi connectivity index (χ0v) is 21.0. The van der Waals surface area contributed by atoms with Crippen molar-refractivity contribution in [2.24, 2.45) is 0 Å². The van der Waals surface area contributed by atoms with E-state index in [0.717, 1.165) is 32.0 Å². The molecule has 0 saturated carbocycles. The number of thioether (sulfide) groups is 1. The zero-order valence-electron chi connectivity index (χ0n) is 16.6. The van der Waals surface area contributed by atoms with Crippen molar-refractivity contribution in [3.05, 3.63) is 102 Å². The number of nitrogens with zero attached hydrogens (tertiary/aromatic N) is 1. The van der Waals surface area contributed by atoms with Crippen LogP contribution in [-0.2, 0) is 17.9 Å². The van der Waals surface area contributed by atoms with Gasteiger partial charge in [-0.15, -0.1) is 0 Å².